The second-order valence-electron chi connectivity index (χ2n) is 6.90. The van der Waals surface area contributed by atoms with E-state index >= 15 is 0 Å². The highest BCUT2D eigenvalue weighted by Gasteiger charge is 2.32. The third-order valence-electron chi connectivity index (χ3n) is 5.13. The number of likely N-dealkylation sites (tertiary alicyclic amines) is 1. The van der Waals surface area contributed by atoms with Crippen LogP contribution in [0.3, 0.4) is 0 Å². The molecule has 3 rings (SSSR count). The van der Waals surface area contributed by atoms with Gasteiger partial charge in [0.1, 0.15) is 5.01 Å². The molecule has 2 fully saturated rings. The van der Waals surface area contributed by atoms with E-state index in [0.717, 1.165) is 49.7 Å². The van der Waals surface area contributed by atoms with E-state index in [-0.39, 0.29) is 12.0 Å². The summed E-state index contributed by atoms with van der Waals surface area (Å²) in [6.07, 6.45) is 8.52. The normalized spacial score (nSPS) is 21.8. The zero-order valence-corrected chi connectivity index (χ0v) is 16.1. The second-order valence-corrected chi connectivity index (χ2v) is 8.09. The lowest BCUT2D eigenvalue weighted by Gasteiger charge is -2.21. The van der Waals surface area contributed by atoms with Gasteiger partial charge in [0.05, 0.1) is 6.54 Å². The Morgan fingerprint density at radius 1 is 1.40 bits per heavy atom. The van der Waals surface area contributed by atoms with Crippen molar-refractivity contribution in [3.05, 3.63) is 16.1 Å². The Morgan fingerprint density at radius 2 is 2.20 bits per heavy atom. The van der Waals surface area contributed by atoms with Gasteiger partial charge in [-0.2, -0.15) is 0 Å². The van der Waals surface area contributed by atoms with E-state index in [2.05, 4.69) is 27.5 Å². The van der Waals surface area contributed by atoms with Crippen molar-refractivity contribution in [2.24, 2.45) is 10.9 Å². The maximum absolute atomic E-state index is 12.5. The van der Waals surface area contributed by atoms with Gasteiger partial charge in [-0.15, -0.1) is 11.3 Å². The fraction of sp³-hybridized carbons (Fsp3) is 0.722. The molecule has 1 aromatic heterocycles. The van der Waals surface area contributed by atoms with Crippen LogP contribution in [-0.4, -0.2) is 47.9 Å². The van der Waals surface area contributed by atoms with E-state index in [1.165, 1.54) is 17.7 Å². The van der Waals surface area contributed by atoms with E-state index in [1.807, 2.05) is 11.1 Å². The molecule has 138 valence electrons. The first kappa shape index (κ1) is 18.2. The van der Waals surface area contributed by atoms with Gasteiger partial charge in [-0.05, 0) is 25.7 Å². The summed E-state index contributed by atoms with van der Waals surface area (Å²) in [7, 11) is 1.78. The second kappa shape index (κ2) is 8.65. The zero-order valence-electron chi connectivity index (χ0n) is 15.3. The lowest BCUT2D eigenvalue weighted by molar-refractivity contribution is -0.134. The van der Waals surface area contributed by atoms with Gasteiger partial charge in [0.2, 0.25) is 5.91 Å². The van der Waals surface area contributed by atoms with E-state index in [0.29, 0.717) is 12.5 Å². The van der Waals surface area contributed by atoms with Gasteiger partial charge >= 0.3 is 0 Å². The molecule has 2 aliphatic rings. The van der Waals surface area contributed by atoms with Gasteiger partial charge in [0, 0.05) is 43.2 Å². The van der Waals surface area contributed by atoms with Gasteiger partial charge in [0.25, 0.3) is 0 Å². The number of thiazole rings is 1. The van der Waals surface area contributed by atoms with Crippen LogP contribution in [0, 0.1) is 5.92 Å². The lowest BCUT2D eigenvalue weighted by atomic mass is 10.1. The molecule has 25 heavy (non-hydrogen) atoms. The van der Waals surface area contributed by atoms with Crippen LogP contribution in [0.1, 0.15) is 48.9 Å². The predicted molar refractivity (Wildman–Crippen MR) is 102 cm³/mol. The Bertz CT molecular complexity index is 608. The number of carbonyl (C=O) groups excluding carboxylic acids is 1. The SMILES string of the molecule is CCc1cnc(CNC(=NC)NC2CCN(C(=O)C3CCCC3)C2)s1. The number of hydrogen-bond acceptors (Lipinski definition) is 4. The molecule has 6 nitrogen and oxygen atoms in total. The molecule has 0 spiro atoms. The highest BCUT2D eigenvalue weighted by atomic mass is 32.1. The highest BCUT2D eigenvalue weighted by Crippen LogP contribution is 2.27. The van der Waals surface area contributed by atoms with Gasteiger partial charge in [-0.25, -0.2) is 4.98 Å². The molecule has 1 saturated heterocycles. The van der Waals surface area contributed by atoms with E-state index in [9.17, 15) is 4.79 Å². The summed E-state index contributed by atoms with van der Waals surface area (Å²) in [5.41, 5.74) is 0. The summed E-state index contributed by atoms with van der Waals surface area (Å²) in [5.74, 6) is 1.42. The monoisotopic (exact) mass is 363 g/mol. The van der Waals surface area contributed by atoms with Crippen molar-refractivity contribution in [3.63, 3.8) is 0 Å². The number of hydrogen-bond donors (Lipinski definition) is 2. The Balaban J connectivity index is 1.45. The van der Waals surface area contributed by atoms with E-state index in [1.54, 1.807) is 18.4 Å². The molecule has 1 aliphatic carbocycles. The van der Waals surface area contributed by atoms with Crippen LogP contribution in [0.15, 0.2) is 11.2 Å². The average Bonchev–Trinajstić information content (AvgIpc) is 3.39. The number of aryl methyl sites for hydroxylation is 1. The highest BCUT2D eigenvalue weighted by molar-refractivity contribution is 7.11. The van der Waals surface area contributed by atoms with Crippen LogP contribution < -0.4 is 10.6 Å². The summed E-state index contributed by atoms with van der Waals surface area (Å²) in [5, 5.41) is 7.86. The number of amides is 1. The number of aliphatic imine (C=N–C) groups is 1. The van der Waals surface area contributed by atoms with Crippen molar-refractivity contribution in [3.8, 4) is 0 Å². The van der Waals surface area contributed by atoms with Crippen molar-refractivity contribution in [2.45, 2.75) is 58.0 Å². The number of rotatable bonds is 5. The molecular formula is C18H29N5OS. The van der Waals surface area contributed by atoms with E-state index < -0.39 is 0 Å². The first-order valence-electron chi connectivity index (χ1n) is 9.39. The first-order chi connectivity index (χ1) is 12.2. The third kappa shape index (κ3) is 4.71. The quantitative estimate of drug-likeness (QED) is 0.621. The molecule has 1 aliphatic heterocycles. The molecular weight excluding hydrogens is 334 g/mol. The number of nitrogens with one attached hydrogen (secondary N) is 2. The van der Waals surface area contributed by atoms with Crippen LogP contribution in [0.2, 0.25) is 0 Å². The molecule has 2 heterocycles. The van der Waals surface area contributed by atoms with Gasteiger partial charge in [-0.3, -0.25) is 9.79 Å². The molecule has 1 amide bonds. The van der Waals surface area contributed by atoms with Crippen LogP contribution >= 0.6 is 11.3 Å². The number of carbonyl (C=O) groups is 1. The van der Waals surface area contributed by atoms with Crippen LogP contribution in [0.25, 0.3) is 0 Å². The molecule has 2 N–H and O–H groups in total. The molecule has 1 saturated carbocycles. The maximum atomic E-state index is 12.5. The van der Waals surface area contributed by atoms with Crippen LogP contribution in [0.5, 0.6) is 0 Å². The van der Waals surface area contributed by atoms with Crippen molar-refractivity contribution in [1.29, 1.82) is 0 Å². The Labute approximate surface area is 154 Å². The molecule has 7 heteroatoms. The van der Waals surface area contributed by atoms with Crippen LogP contribution in [0.4, 0.5) is 0 Å². The Morgan fingerprint density at radius 3 is 2.88 bits per heavy atom. The third-order valence-corrected chi connectivity index (χ3v) is 6.27. The summed E-state index contributed by atoms with van der Waals surface area (Å²) in [4.78, 5) is 24.6. The largest absolute Gasteiger partial charge is 0.352 e. The number of nitrogens with zero attached hydrogens (tertiary/aromatic N) is 3. The Hall–Kier alpha value is -1.63. The standard InChI is InChI=1S/C18H29N5OS/c1-3-15-10-20-16(25-15)11-21-18(19-2)22-14-8-9-23(12-14)17(24)13-6-4-5-7-13/h10,13-14H,3-9,11-12H2,1-2H3,(H2,19,21,22). The summed E-state index contributed by atoms with van der Waals surface area (Å²) in [6, 6.07) is 0.277. The van der Waals surface area contributed by atoms with Gasteiger partial charge < -0.3 is 15.5 Å². The van der Waals surface area contributed by atoms with Crippen molar-refractivity contribution >= 4 is 23.2 Å². The minimum Gasteiger partial charge on any atom is -0.352 e. The molecule has 0 radical (unpaired) electrons. The zero-order chi connectivity index (χ0) is 17.6. The molecule has 0 bridgehead atoms. The summed E-state index contributed by atoms with van der Waals surface area (Å²) >= 11 is 1.74. The van der Waals surface area contributed by atoms with Crippen molar-refractivity contribution in [1.82, 2.24) is 20.5 Å². The summed E-state index contributed by atoms with van der Waals surface area (Å²) in [6.45, 7) is 4.47. The predicted octanol–water partition coefficient (Wildman–Crippen LogP) is 2.16. The maximum Gasteiger partial charge on any atom is 0.225 e. The minimum absolute atomic E-state index is 0.272. The fourth-order valence-electron chi connectivity index (χ4n) is 3.65. The van der Waals surface area contributed by atoms with Crippen molar-refractivity contribution < 1.29 is 4.79 Å². The first-order valence-corrected chi connectivity index (χ1v) is 10.2. The smallest absolute Gasteiger partial charge is 0.225 e. The molecule has 1 atom stereocenters. The van der Waals surface area contributed by atoms with Gasteiger partial charge in [-0.1, -0.05) is 19.8 Å². The van der Waals surface area contributed by atoms with Crippen molar-refractivity contribution in [2.75, 3.05) is 20.1 Å². The number of aromatic nitrogens is 1. The van der Waals surface area contributed by atoms with Gasteiger partial charge in [0.15, 0.2) is 5.96 Å². The molecule has 0 aromatic carbocycles. The molecule has 1 aromatic rings. The number of guanidine groups is 1. The lowest BCUT2D eigenvalue weighted by Crippen LogP contribution is -2.45. The molecule has 1 unspecified atom stereocenters. The minimum atomic E-state index is 0.272. The average molecular weight is 364 g/mol. The van der Waals surface area contributed by atoms with E-state index in [4.69, 9.17) is 0 Å². The fourth-order valence-corrected chi connectivity index (χ4v) is 4.45. The topological polar surface area (TPSA) is 69.6 Å². The summed E-state index contributed by atoms with van der Waals surface area (Å²) < 4.78 is 0. The van der Waals surface area contributed by atoms with Crippen LogP contribution in [-0.2, 0) is 17.8 Å². The Kier molecular flexibility index (Phi) is 6.29.